The molecule has 0 aromatic rings. The molecule has 23 heteroatoms. The summed E-state index contributed by atoms with van der Waals surface area (Å²) in [5, 5.41) is 54.6. The molecule has 1 spiro atoms. The Morgan fingerprint density at radius 1 is 0.746 bits per heavy atom. The van der Waals surface area contributed by atoms with Gasteiger partial charge in [0, 0.05) is 44.2 Å². The molecule has 6 amide bonds. The number of ketones is 1. The summed E-state index contributed by atoms with van der Waals surface area (Å²) in [5.41, 5.74) is 0. The highest BCUT2D eigenvalue weighted by molar-refractivity contribution is 8.21. The highest BCUT2D eigenvalue weighted by atomic mass is 32.2. The summed E-state index contributed by atoms with van der Waals surface area (Å²) in [7, 11) is 0. The maximum atomic E-state index is 15.0. The minimum Gasteiger partial charge on any atom is -0.481 e. The van der Waals surface area contributed by atoms with Crippen LogP contribution in [0.3, 0.4) is 0 Å². The summed E-state index contributed by atoms with van der Waals surface area (Å²) in [6.45, 7) is 5.60. The zero-order chi connectivity index (χ0) is 47.0. The number of nitrogens with one attached hydrogen (secondary N) is 6. The van der Waals surface area contributed by atoms with Crippen LogP contribution in [0.4, 0.5) is 0 Å². The van der Waals surface area contributed by atoms with E-state index >= 15 is 0 Å². The van der Waals surface area contributed by atoms with Crippen molar-refractivity contribution in [2.24, 2.45) is 11.8 Å². The van der Waals surface area contributed by atoms with Crippen LogP contribution in [0.2, 0.25) is 0 Å². The number of carboxylic acids is 3. The first kappa shape index (κ1) is 52.9. The van der Waals surface area contributed by atoms with Crippen LogP contribution >= 0.6 is 23.5 Å². The SMILES string of the molecule is CCCC(NC(=O)[C@@H]1CC2(CN1C(=O)C(N[C@H](O)C(NC(=O)C(CCC(=O)O)NC(=O)C(CCC(=O)O)NC(C)=O)C(C)C)C1CCCCC1)SCCS2)C(=O)C(=O)NCC(=O)O. The van der Waals surface area contributed by atoms with Gasteiger partial charge < -0.3 is 51.9 Å². The first-order chi connectivity index (χ1) is 29.7. The lowest BCUT2D eigenvalue weighted by Gasteiger charge is -2.38. The van der Waals surface area contributed by atoms with Gasteiger partial charge in [-0.25, -0.2) is 0 Å². The number of likely N-dealkylation sites (tertiary alicyclic amines) is 1. The molecule has 354 valence electrons. The van der Waals surface area contributed by atoms with Crippen LogP contribution in [0, 0.1) is 11.8 Å². The second-order valence-corrected chi connectivity index (χ2v) is 19.7. The van der Waals surface area contributed by atoms with Crippen molar-refractivity contribution in [3.8, 4) is 0 Å². The van der Waals surface area contributed by atoms with Crippen molar-refractivity contribution < 1.29 is 68.4 Å². The van der Waals surface area contributed by atoms with Gasteiger partial charge in [0.15, 0.2) is 0 Å². The number of nitrogens with zero attached hydrogens (tertiary/aromatic N) is 1. The smallest absolute Gasteiger partial charge is 0.322 e. The predicted octanol–water partition coefficient (Wildman–Crippen LogP) is -0.465. The topological polar surface area (TPSA) is 327 Å². The Bertz CT molecular complexity index is 1690. The summed E-state index contributed by atoms with van der Waals surface area (Å²) in [6, 6.07) is -7.41. The maximum Gasteiger partial charge on any atom is 0.322 e. The molecular weight excluding hydrogens is 867 g/mol. The normalized spacial score (nSPS) is 20.1. The molecule has 21 nitrogen and oxygen atoms in total. The molecule has 0 bridgehead atoms. The number of aliphatic hydroxyl groups is 1. The van der Waals surface area contributed by atoms with Gasteiger partial charge >= 0.3 is 17.9 Å². The molecule has 7 atom stereocenters. The monoisotopic (exact) mass is 929 g/mol. The Labute approximate surface area is 374 Å². The molecule has 0 aromatic carbocycles. The van der Waals surface area contributed by atoms with E-state index in [1.54, 1.807) is 44.3 Å². The minimum atomic E-state index is -1.60. The van der Waals surface area contributed by atoms with Gasteiger partial charge in [-0.3, -0.25) is 53.3 Å². The zero-order valence-electron chi connectivity index (χ0n) is 36.1. The number of aliphatic carboxylic acids is 3. The number of carboxylic acid groups (broad SMARTS) is 3. The Morgan fingerprint density at radius 3 is 1.84 bits per heavy atom. The van der Waals surface area contributed by atoms with Crippen molar-refractivity contribution in [1.29, 1.82) is 0 Å². The zero-order valence-corrected chi connectivity index (χ0v) is 37.8. The van der Waals surface area contributed by atoms with Crippen molar-refractivity contribution in [3.63, 3.8) is 0 Å². The van der Waals surface area contributed by atoms with Gasteiger partial charge in [0.25, 0.3) is 5.91 Å². The molecule has 1 saturated carbocycles. The Kier molecular flexibility index (Phi) is 21.1. The Morgan fingerprint density at radius 2 is 1.32 bits per heavy atom. The minimum absolute atomic E-state index is 0.0720. The van der Waals surface area contributed by atoms with Gasteiger partial charge in [-0.05, 0) is 43.9 Å². The van der Waals surface area contributed by atoms with Crippen LogP contribution < -0.4 is 31.9 Å². The number of carbonyl (C=O) groups excluding carboxylic acids is 7. The van der Waals surface area contributed by atoms with Crippen LogP contribution in [0.15, 0.2) is 0 Å². The van der Waals surface area contributed by atoms with Gasteiger partial charge in [0.05, 0.1) is 22.2 Å². The fourth-order valence-electron chi connectivity index (χ4n) is 8.05. The molecule has 1 aliphatic carbocycles. The molecule has 63 heavy (non-hydrogen) atoms. The van der Waals surface area contributed by atoms with Crippen molar-refractivity contribution in [1.82, 2.24) is 36.8 Å². The standard InChI is InChI=1S/C40H63N7O14S2/c1-5-9-24(33(55)38(60)41-19-30(53)54)43-36(58)27-18-40(62-16-17-63-40)20-47(27)39(61)32(23-10-7-6-8-11-23)46-37(59)31(21(2)3)45-35(57)26(13-15-29(51)52)44-34(56)25(42-22(4)48)12-14-28(49)50/h21,23-27,31-32,37,46,59H,5-20H2,1-4H3,(H,41,60)(H,42,48)(H,43,58)(H,44,56)(H,45,57)(H,49,50)(H,51,52)(H,53,54)/t24?,25?,26?,27-,31?,32?,37+/m0/s1. The third kappa shape index (κ3) is 16.2. The van der Waals surface area contributed by atoms with Crippen LogP contribution in [-0.2, 0) is 47.9 Å². The summed E-state index contributed by atoms with van der Waals surface area (Å²) >= 11 is 3.23. The van der Waals surface area contributed by atoms with E-state index in [0.29, 0.717) is 19.3 Å². The van der Waals surface area contributed by atoms with Crippen molar-refractivity contribution in [2.45, 2.75) is 151 Å². The van der Waals surface area contributed by atoms with E-state index in [0.717, 1.165) is 37.7 Å². The largest absolute Gasteiger partial charge is 0.481 e. The number of Topliss-reactive ketones (excluding diaryl/α,β-unsaturated/α-hetero) is 1. The van der Waals surface area contributed by atoms with Crippen molar-refractivity contribution in [3.05, 3.63) is 0 Å². The average molecular weight is 930 g/mol. The molecule has 0 radical (unpaired) electrons. The third-order valence-corrected chi connectivity index (χ3v) is 14.7. The fourth-order valence-corrected chi connectivity index (χ4v) is 11.3. The second-order valence-electron chi connectivity index (χ2n) is 16.5. The molecule has 10 N–H and O–H groups in total. The van der Waals surface area contributed by atoms with E-state index in [2.05, 4.69) is 26.6 Å². The van der Waals surface area contributed by atoms with E-state index in [4.69, 9.17) is 10.2 Å². The second kappa shape index (κ2) is 25.1. The van der Waals surface area contributed by atoms with E-state index in [1.807, 2.05) is 5.32 Å². The predicted molar refractivity (Wildman–Crippen MR) is 230 cm³/mol. The first-order valence-corrected chi connectivity index (χ1v) is 23.3. The van der Waals surface area contributed by atoms with Gasteiger partial charge in [0.1, 0.15) is 30.9 Å². The summed E-state index contributed by atoms with van der Waals surface area (Å²) < 4.78 is -0.549. The Hall–Kier alpha value is -4.48. The van der Waals surface area contributed by atoms with Gasteiger partial charge in [0.2, 0.25) is 35.3 Å². The number of hydrogen-bond donors (Lipinski definition) is 10. The number of thioether (sulfide) groups is 2. The lowest BCUT2D eigenvalue weighted by Crippen LogP contribution is -2.63. The average Bonchev–Trinajstić information content (AvgIpc) is 3.86. The van der Waals surface area contributed by atoms with Crippen molar-refractivity contribution in [2.75, 3.05) is 24.6 Å². The third-order valence-electron chi connectivity index (χ3n) is 11.3. The quantitative estimate of drug-likeness (QED) is 0.0409. The summed E-state index contributed by atoms with van der Waals surface area (Å²) in [4.78, 5) is 129. The molecule has 2 saturated heterocycles. The number of amides is 6. The molecule has 3 rings (SSSR count). The molecule has 0 aromatic heterocycles. The van der Waals surface area contributed by atoms with Crippen LogP contribution in [-0.4, -0.2) is 156 Å². The summed E-state index contributed by atoms with van der Waals surface area (Å²) in [5.74, 6) is -8.96. The highest BCUT2D eigenvalue weighted by Gasteiger charge is 2.53. The molecule has 2 heterocycles. The molecule has 3 aliphatic rings. The number of rotatable bonds is 25. The lowest BCUT2D eigenvalue weighted by molar-refractivity contribution is -0.145. The molecule has 3 fully saturated rings. The van der Waals surface area contributed by atoms with Crippen LogP contribution in [0.1, 0.15) is 105 Å². The summed E-state index contributed by atoms with van der Waals surface area (Å²) in [6.07, 6.45) is 1.04. The van der Waals surface area contributed by atoms with E-state index in [1.165, 1.54) is 4.90 Å². The van der Waals surface area contributed by atoms with E-state index < -0.39 is 137 Å². The van der Waals surface area contributed by atoms with Gasteiger partial charge in [-0.15, -0.1) is 23.5 Å². The first-order valence-electron chi connectivity index (χ1n) is 21.4. The lowest BCUT2D eigenvalue weighted by atomic mass is 9.82. The molecule has 5 unspecified atom stereocenters. The van der Waals surface area contributed by atoms with Crippen LogP contribution in [0.5, 0.6) is 0 Å². The van der Waals surface area contributed by atoms with E-state index in [9.17, 15) is 58.2 Å². The number of hydrogen-bond acceptors (Lipinski definition) is 14. The molecule has 2 aliphatic heterocycles. The van der Waals surface area contributed by atoms with Crippen LogP contribution in [0.25, 0.3) is 0 Å². The maximum absolute atomic E-state index is 15.0. The Balaban J connectivity index is 1.91. The molecular formula is C40H63N7O14S2. The highest BCUT2D eigenvalue weighted by Crippen LogP contribution is 2.52. The van der Waals surface area contributed by atoms with Crippen molar-refractivity contribution >= 4 is 82.7 Å². The number of aliphatic hydroxyl groups excluding tert-OH is 1. The number of carbonyl (C=O) groups is 10. The fraction of sp³-hybridized carbons (Fsp3) is 0.750. The van der Waals surface area contributed by atoms with Gasteiger partial charge in [-0.1, -0.05) is 46.5 Å². The van der Waals surface area contributed by atoms with E-state index in [-0.39, 0.29) is 31.7 Å². The van der Waals surface area contributed by atoms with Gasteiger partial charge in [-0.2, -0.15) is 0 Å².